The summed E-state index contributed by atoms with van der Waals surface area (Å²) in [4.78, 5) is 2.28. The average Bonchev–Trinajstić information content (AvgIpc) is 2.30. The minimum Gasteiger partial charge on any atom is -0.385 e. The third-order valence-corrected chi connectivity index (χ3v) is 2.58. The van der Waals surface area contributed by atoms with E-state index in [4.69, 9.17) is 0 Å². The van der Waals surface area contributed by atoms with Gasteiger partial charge in [0.15, 0.2) is 0 Å². The smallest absolute Gasteiger partial charge is 0.0433 e. The van der Waals surface area contributed by atoms with Crippen LogP contribution >= 0.6 is 0 Å². The molecule has 0 spiro atoms. The largest absolute Gasteiger partial charge is 0.385 e. The van der Waals surface area contributed by atoms with Gasteiger partial charge in [-0.1, -0.05) is 25.1 Å². The molecule has 0 saturated heterocycles. The Bertz CT molecular complexity index is 305. The Morgan fingerprint density at radius 1 is 1.36 bits per heavy atom. The number of nitrogens with one attached hydrogen (secondary N) is 1. The summed E-state index contributed by atoms with van der Waals surface area (Å²) in [6.07, 6.45) is 5.29. The Balaban J connectivity index is 2.12. The molecule has 0 radical (unpaired) electrons. The minimum absolute atomic E-state index is 0.570. The van der Waals surface area contributed by atoms with Gasteiger partial charge in [0.1, 0.15) is 0 Å². The highest BCUT2D eigenvalue weighted by Crippen LogP contribution is 2.16. The van der Waals surface area contributed by atoms with E-state index in [1.807, 2.05) is 12.3 Å². The molecule has 0 bridgehead atoms. The van der Waals surface area contributed by atoms with Crippen LogP contribution in [0.25, 0.3) is 0 Å². The highest BCUT2D eigenvalue weighted by Gasteiger charge is 2.13. The fraction of sp³-hybridized carbons (Fsp3) is 0.333. The van der Waals surface area contributed by atoms with Crippen molar-refractivity contribution >= 4 is 5.69 Å². The Labute approximate surface area is 85.2 Å². The lowest BCUT2D eigenvalue weighted by Crippen LogP contribution is -2.40. The first-order valence-electron chi connectivity index (χ1n) is 5.14. The highest BCUT2D eigenvalue weighted by molar-refractivity contribution is 5.49. The molecule has 14 heavy (non-hydrogen) atoms. The molecule has 1 N–H and O–H groups in total. The summed E-state index contributed by atoms with van der Waals surface area (Å²) < 4.78 is 0. The molecule has 2 rings (SSSR count). The van der Waals surface area contributed by atoms with E-state index in [0.717, 1.165) is 13.0 Å². The fourth-order valence-corrected chi connectivity index (χ4v) is 1.68. The first-order valence-corrected chi connectivity index (χ1v) is 5.14. The first-order chi connectivity index (χ1) is 6.90. The average molecular weight is 188 g/mol. The van der Waals surface area contributed by atoms with E-state index in [0.29, 0.717) is 6.04 Å². The molecule has 0 fully saturated rings. The normalized spacial score (nSPS) is 20.6. The highest BCUT2D eigenvalue weighted by atomic mass is 15.2. The van der Waals surface area contributed by atoms with Crippen molar-refractivity contribution < 1.29 is 0 Å². The van der Waals surface area contributed by atoms with E-state index in [-0.39, 0.29) is 0 Å². The van der Waals surface area contributed by atoms with Crippen molar-refractivity contribution in [1.82, 2.24) is 5.32 Å². The van der Waals surface area contributed by atoms with Gasteiger partial charge in [0.05, 0.1) is 0 Å². The second-order valence-corrected chi connectivity index (χ2v) is 3.58. The molecule has 0 saturated carbocycles. The Kier molecular flexibility index (Phi) is 2.73. The van der Waals surface area contributed by atoms with E-state index < -0.39 is 0 Å². The van der Waals surface area contributed by atoms with Crippen molar-refractivity contribution in [1.29, 1.82) is 0 Å². The van der Waals surface area contributed by atoms with Crippen molar-refractivity contribution in [3.8, 4) is 0 Å². The van der Waals surface area contributed by atoms with E-state index in [9.17, 15) is 0 Å². The third-order valence-electron chi connectivity index (χ3n) is 2.58. The first kappa shape index (κ1) is 9.13. The van der Waals surface area contributed by atoms with Gasteiger partial charge in [-0.05, 0) is 18.6 Å². The lowest BCUT2D eigenvalue weighted by atomic mass is 10.2. The molecule has 1 atom stereocenters. The van der Waals surface area contributed by atoms with Gasteiger partial charge in [0.2, 0.25) is 0 Å². The molecule has 74 valence electrons. The topological polar surface area (TPSA) is 15.3 Å². The summed E-state index contributed by atoms with van der Waals surface area (Å²) in [5, 5.41) is 3.35. The molecule has 1 aromatic carbocycles. The summed E-state index contributed by atoms with van der Waals surface area (Å²) in [5.74, 6) is 0. The molecule has 1 unspecified atom stereocenters. The van der Waals surface area contributed by atoms with E-state index in [1.165, 1.54) is 5.69 Å². The minimum atomic E-state index is 0.570. The van der Waals surface area contributed by atoms with Crippen molar-refractivity contribution in [2.45, 2.75) is 19.4 Å². The molecule has 1 heterocycles. The summed E-state index contributed by atoms with van der Waals surface area (Å²) in [6.45, 7) is 3.26. The van der Waals surface area contributed by atoms with Gasteiger partial charge in [0, 0.05) is 30.7 Å². The molecule has 0 amide bonds. The molecule has 2 nitrogen and oxygen atoms in total. The van der Waals surface area contributed by atoms with Crippen LogP contribution in [0.1, 0.15) is 13.3 Å². The van der Waals surface area contributed by atoms with Crippen molar-refractivity contribution in [2.24, 2.45) is 0 Å². The number of para-hydroxylation sites is 1. The van der Waals surface area contributed by atoms with Crippen LogP contribution in [0.15, 0.2) is 42.7 Å². The Hall–Kier alpha value is -1.44. The van der Waals surface area contributed by atoms with E-state index in [2.05, 4.69) is 47.6 Å². The predicted molar refractivity (Wildman–Crippen MR) is 60.1 cm³/mol. The van der Waals surface area contributed by atoms with Gasteiger partial charge in [-0.15, -0.1) is 0 Å². The van der Waals surface area contributed by atoms with Crippen LogP contribution in [0, 0.1) is 0 Å². The number of hydrogen-bond acceptors (Lipinski definition) is 2. The zero-order valence-corrected chi connectivity index (χ0v) is 8.48. The lowest BCUT2D eigenvalue weighted by Gasteiger charge is -2.30. The van der Waals surface area contributed by atoms with Crippen LogP contribution < -0.4 is 10.2 Å². The van der Waals surface area contributed by atoms with Gasteiger partial charge in [0.25, 0.3) is 0 Å². The number of benzene rings is 1. The summed E-state index contributed by atoms with van der Waals surface area (Å²) in [6, 6.07) is 11.1. The maximum Gasteiger partial charge on any atom is 0.0433 e. The maximum atomic E-state index is 3.35. The predicted octanol–water partition coefficient (Wildman–Crippen LogP) is 2.35. The quantitative estimate of drug-likeness (QED) is 0.766. The molecule has 1 aromatic rings. The lowest BCUT2D eigenvalue weighted by molar-refractivity contribution is 0.551. The molecule has 1 aliphatic rings. The fourth-order valence-electron chi connectivity index (χ4n) is 1.68. The monoisotopic (exact) mass is 188 g/mol. The summed E-state index contributed by atoms with van der Waals surface area (Å²) in [5.41, 5.74) is 1.27. The van der Waals surface area contributed by atoms with Gasteiger partial charge < -0.3 is 10.2 Å². The van der Waals surface area contributed by atoms with Crippen LogP contribution in [0.5, 0.6) is 0 Å². The molecular weight excluding hydrogens is 172 g/mol. The van der Waals surface area contributed by atoms with Crippen LogP contribution in [-0.2, 0) is 0 Å². The molecule has 2 heteroatoms. The number of anilines is 1. The van der Waals surface area contributed by atoms with Gasteiger partial charge in [-0.25, -0.2) is 0 Å². The van der Waals surface area contributed by atoms with Crippen molar-refractivity contribution in [2.75, 3.05) is 11.4 Å². The molecule has 0 aromatic heterocycles. The second kappa shape index (κ2) is 4.18. The standard InChI is InChI=1S/C12H16N2/c1-2-11-10-14(9-8-13-11)12-6-4-3-5-7-12/h3-9,11,13H,2,10H2,1H3. The molecular formula is C12H16N2. The molecule has 0 aliphatic carbocycles. The van der Waals surface area contributed by atoms with Crippen molar-refractivity contribution in [3.05, 3.63) is 42.7 Å². The van der Waals surface area contributed by atoms with Crippen LogP contribution in [-0.4, -0.2) is 12.6 Å². The number of nitrogens with zero attached hydrogens (tertiary/aromatic N) is 1. The SMILES string of the molecule is CCC1CN(c2ccccc2)C=CN1. The second-order valence-electron chi connectivity index (χ2n) is 3.58. The Morgan fingerprint density at radius 2 is 2.14 bits per heavy atom. The summed E-state index contributed by atoms with van der Waals surface area (Å²) >= 11 is 0. The Morgan fingerprint density at radius 3 is 2.86 bits per heavy atom. The zero-order valence-electron chi connectivity index (χ0n) is 8.48. The van der Waals surface area contributed by atoms with E-state index >= 15 is 0 Å². The zero-order chi connectivity index (χ0) is 9.80. The maximum absolute atomic E-state index is 3.35. The van der Waals surface area contributed by atoms with Crippen LogP contribution in [0.4, 0.5) is 5.69 Å². The van der Waals surface area contributed by atoms with Gasteiger partial charge in [-0.3, -0.25) is 0 Å². The van der Waals surface area contributed by atoms with E-state index in [1.54, 1.807) is 0 Å². The molecule has 1 aliphatic heterocycles. The third kappa shape index (κ3) is 1.90. The number of hydrogen-bond donors (Lipinski definition) is 1. The van der Waals surface area contributed by atoms with Crippen molar-refractivity contribution in [3.63, 3.8) is 0 Å². The van der Waals surface area contributed by atoms with Gasteiger partial charge >= 0.3 is 0 Å². The number of rotatable bonds is 2. The summed E-state index contributed by atoms with van der Waals surface area (Å²) in [7, 11) is 0. The van der Waals surface area contributed by atoms with Crippen LogP contribution in [0.3, 0.4) is 0 Å². The van der Waals surface area contributed by atoms with Crippen LogP contribution in [0.2, 0.25) is 0 Å². The van der Waals surface area contributed by atoms with Gasteiger partial charge in [-0.2, -0.15) is 0 Å².